The number of imidazole rings is 1. The zero-order chi connectivity index (χ0) is 19.8. The van der Waals surface area contributed by atoms with Crippen molar-refractivity contribution in [1.82, 2.24) is 19.7 Å². The van der Waals surface area contributed by atoms with E-state index in [1.54, 1.807) is 0 Å². The number of hydrogen-bond acceptors (Lipinski definition) is 5. The van der Waals surface area contributed by atoms with E-state index in [0.717, 1.165) is 61.6 Å². The Balaban J connectivity index is 1.43. The lowest BCUT2D eigenvalue weighted by atomic mass is 10.1. The van der Waals surface area contributed by atoms with E-state index < -0.39 is 0 Å². The van der Waals surface area contributed by atoms with Crippen LogP contribution >= 0.6 is 0 Å². The number of carbonyl (C=O) groups excluding carboxylic acids is 1. The van der Waals surface area contributed by atoms with Gasteiger partial charge in [0.25, 0.3) is 5.91 Å². The van der Waals surface area contributed by atoms with E-state index in [4.69, 9.17) is 4.74 Å². The molecular formula is C22H25N5O2. The lowest BCUT2D eigenvalue weighted by Crippen LogP contribution is -2.37. The Hall–Kier alpha value is -2.93. The molecule has 1 saturated heterocycles. The number of ether oxygens (including phenoxy) is 1. The number of fused-ring (bicyclic) bond motifs is 1. The van der Waals surface area contributed by atoms with Crippen LogP contribution in [0.3, 0.4) is 0 Å². The molecule has 5 rings (SSSR count). The van der Waals surface area contributed by atoms with Crippen LogP contribution in [0, 0.1) is 0 Å². The minimum Gasteiger partial charge on any atom is -0.381 e. The third-order valence-electron chi connectivity index (χ3n) is 5.84. The molecule has 3 heterocycles. The number of amides is 1. The Morgan fingerprint density at radius 2 is 1.90 bits per heavy atom. The van der Waals surface area contributed by atoms with Crippen molar-refractivity contribution in [2.24, 2.45) is 0 Å². The molecule has 0 bridgehead atoms. The van der Waals surface area contributed by atoms with Crippen molar-refractivity contribution in [3.63, 3.8) is 0 Å². The van der Waals surface area contributed by atoms with Crippen molar-refractivity contribution < 1.29 is 9.53 Å². The van der Waals surface area contributed by atoms with Crippen LogP contribution in [0.1, 0.15) is 36.0 Å². The average Bonchev–Trinajstić information content (AvgIpc) is 3.48. The van der Waals surface area contributed by atoms with E-state index in [-0.39, 0.29) is 5.91 Å². The summed E-state index contributed by atoms with van der Waals surface area (Å²) in [4.78, 5) is 23.7. The highest BCUT2D eigenvalue weighted by atomic mass is 16.5. The maximum absolute atomic E-state index is 12.2. The highest BCUT2D eigenvalue weighted by Crippen LogP contribution is 2.27. The smallest absolute Gasteiger partial charge is 0.251 e. The average molecular weight is 391 g/mol. The van der Waals surface area contributed by atoms with Gasteiger partial charge in [-0.1, -0.05) is 12.1 Å². The Morgan fingerprint density at radius 1 is 1.14 bits per heavy atom. The van der Waals surface area contributed by atoms with Gasteiger partial charge < -0.3 is 15.0 Å². The molecule has 1 saturated carbocycles. The SMILES string of the molecule is CN(c1nccn2c(-c3ccc(C(=O)NC4CC4)cc3)cnc12)C1CCOCC1. The lowest BCUT2D eigenvalue weighted by Gasteiger charge is -2.32. The molecule has 1 aliphatic carbocycles. The van der Waals surface area contributed by atoms with E-state index in [2.05, 4.69) is 31.6 Å². The summed E-state index contributed by atoms with van der Waals surface area (Å²) >= 11 is 0. The van der Waals surface area contributed by atoms with Gasteiger partial charge >= 0.3 is 0 Å². The molecule has 7 nitrogen and oxygen atoms in total. The lowest BCUT2D eigenvalue weighted by molar-refractivity contribution is 0.0854. The first-order valence-electron chi connectivity index (χ1n) is 10.2. The minimum atomic E-state index is 0.00163. The molecule has 2 aromatic heterocycles. The van der Waals surface area contributed by atoms with E-state index in [9.17, 15) is 4.79 Å². The van der Waals surface area contributed by atoms with Gasteiger partial charge in [0.1, 0.15) is 0 Å². The first kappa shape index (κ1) is 18.1. The number of anilines is 1. The summed E-state index contributed by atoms with van der Waals surface area (Å²) in [5.74, 6) is 0.882. The van der Waals surface area contributed by atoms with Crippen molar-refractivity contribution >= 4 is 17.4 Å². The van der Waals surface area contributed by atoms with Crippen LogP contribution in [0.25, 0.3) is 16.9 Å². The van der Waals surface area contributed by atoms with Crippen LogP contribution in [0.5, 0.6) is 0 Å². The summed E-state index contributed by atoms with van der Waals surface area (Å²) in [5, 5.41) is 3.03. The maximum atomic E-state index is 12.2. The molecule has 29 heavy (non-hydrogen) atoms. The van der Waals surface area contributed by atoms with Gasteiger partial charge in [-0.25, -0.2) is 9.97 Å². The molecule has 1 aliphatic heterocycles. The van der Waals surface area contributed by atoms with Crippen LogP contribution in [0.15, 0.2) is 42.9 Å². The number of benzene rings is 1. The number of hydrogen-bond donors (Lipinski definition) is 1. The van der Waals surface area contributed by atoms with Gasteiger partial charge in [0.05, 0.1) is 11.9 Å². The number of aromatic nitrogens is 3. The summed E-state index contributed by atoms with van der Waals surface area (Å²) in [7, 11) is 2.08. The fraction of sp³-hybridized carbons (Fsp3) is 0.409. The minimum absolute atomic E-state index is 0.00163. The Kier molecular flexibility index (Phi) is 4.67. The van der Waals surface area contributed by atoms with Gasteiger partial charge in [-0.05, 0) is 37.8 Å². The highest BCUT2D eigenvalue weighted by Gasteiger charge is 2.24. The van der Waals surface area contributed by atoms with E-state index in [1.165, 1.54) is 0 Å². The molecule has 2 aliphatic rings. The van der Waals surface area contributed by atoms with Crippen molar-refractivity contribution in [1.29, 1.82) is 0 Å². The van der Waals surface area contributed by atoms with Gasteiger partial charge in [-0.3, -0.25) is 9.20 Å². The summed E-state index contributed by atoms with van der Waals surface area (Å²) < 4.78 is 7.56. The van der Waals surface area contributed by atoms with Crippen molar-refractivity contribution in [3.8, 4) is 11.3 Å². The molecule has 1 aromatic carbocycles. The summed E-state index contributed by atoms with van der Waals surface area (Å²) in [5.41, 5.74) is 3.53. The zero-order valence-electron chi connectivity index (χ0n) is 16.5. The fourth-order valence-electron chi connectivity index (χ4n) is 3.90. The second kappa shape index (κ2) is 7.48. The van der Waals surface area contributed by atoms with E-state index in [0.29, 0.717) is 17.6 Å². The Bertz CT molecular complexity index is 1020. The van der Waals surface area contributed by atoms with Crippen molar-refractivity contribution in [2.45, 2.75) is 37.8 Å². The fourth-order valence-corrected chi connectivity index (χ4v) is 3.90. The Morgan fingerprint density at radius 3 is 2.62 bits per heavy atom. The molecule has 150 valence electrons. The summed E-state index contributed by atoms with van der Waals surface area (Å²) in [6.45, 7) is 1.58. The molecule has 7 heteroatoms. The van der Waals surface area contributed by atoms with Gasteiger partial charge in [0, 0.05) is 55.9 Å². The normalized spacial score (nSPS) is 17.4. The van der Waals surface area contributed by atoms with Gasteiger partial charge in [-0.15, -0.1) is 0 Å². The quantitative estimate of drug-likeness (QED) is 0.724. The van der Waals surface area contributed by atoms with Gasteiger partial charge in [0.15, 0.2) is 11.5 Å². The molecule has 3 aromatic rings. The number of nitrogens with one attached hydrogen (secondary N) is 1. The Labute approximate surface area is 169 Å². The zero-order valence-corrected chi connectivity index (χ0v) is 16.5. The third kappa shape index (κ3) is 3.58. The second-order valence-corrected chi connectivity index (χ2v) is 7.87. The highest BCUT2D eigenvalue weighted by molar-refractivity contribution is 5.95. The van der Waals surface area contributed by atoms with E-state index >= 15 is 0 Å². The summed E-state index contributed by atoms with van der Waals surface area (Å²) in [6.07, 6.45) is 9.80. The molecule has 2 fully saturated rings. The molecule has 0 unspecified atom stereocenters. The maximum Gasteiger partial charge on any atom is 0.251 e. The van der Waals surface area contributed by atoms with Gasteiger partial charge in [0.2, 0.25) is 0 Å². The number of carbonyl (C=O) groups is 1. The van der Waals surface area contributed by atoms with Crippen LogP contribution in [0.4, 0.5) is 5.82 Å². The monoisotopic (exact) mass is 391 g/mol. The molecular weight excluding hydrogens is 366 g/mol. The van der Waals surface area contributed by atoms with Crippen LogP contribution < -0.4 is 10.2 Å². The first-order chi connectivity index (χ1) is 14.2. The van der Waals surface area contributed by atoms with Crippen molar-refractivity contribution in [3.05, 3.63) is 48.4 Å². The van der Waals surface area contributed by atoms with Crippen LogP contribution in [-0.4, -0.2) is 52.6 Å². The predicted octanol–water partition coefficient (Wildman–Crippen LogP) is 2.90. The molecule has 0 radical (unpaired) electrons. The standard InChI is InChI=1S/C22H25N5O2/c1-26(18-8-12-29-13-9-18)20-21-24-14-19(27(21)11-10-23-20)15-2-4-16(5-3-15)22(28)25-17-6-7-17/h2-5,10-11,14,17-18H,6-9,12-13H2,1H3,(H,25,28). The molecule has 0 atom stereocenters. The van der Waals surface area contributed by atoms with E-state index in [1.807, 2.05) is 42.9 Å². The third-order valence-corrected chi connectivity index (χ3v) is 5.84. The van der Waals surface area contributed by atoms with Crippen molar-refractivity contribution in [2.75, 3.05) is 25.2 Å². The second-order valence-electron chi connectivity index (χ2n) is 7.87. The molecule has 1 N–H and O–H groups in total. The van der Waals surface area contributed by atoms with Gasteiger partial charge in [-0.2, -0.15) is 0 Å². The first-order valence-corrected chi connectivity index (χ1v) is 10.2. The number of rotatable bonds is 5. The number of nitrogens with zero attached hydrogens (tertiary/aromatic N) is 4. The topological polar surface area (TPSA) is 71.8 Å². The van der Waals surface area contributed by atoms with Crippen LogP contribution in [0.2, 0.25) is 0 Å². The largest absolute Gasteiger partial charge is 0.381 e. The molecule has 0 spiro atoms. The summed E-state index contributed by atoms with van der Waals surface area (Å²) in [6, 6.07) is 8.48. The predicted molar refractivity (Wildman–Crippen MR) is 111 cm³/mol. The molecule has 1 amide bonds. The van der Waals surface area contributed by atoms with Crippen LogP contribution in [-0.2, 0) is 4.74 Å².